The molecule has 7 heteroatoms. The van der Waals surface area contributed by atoms with Crippen molar-refractivity contribution in [3.63, 3.8) is 0 Å². The second-order valence-corrected chi connectivity index (χ2v) is 6.09. The van der Waals surface area contributed by atoms with Crippen LogP contribution in [0.15, 0.2) is 27.4 Å². The molecule has 1 N–H and O–H groups in total. The summed E-state index contributed by atoms with van der Waals surface area (Å²) in [6.07, 6.45) is 2.30. The lowest BCUT2D eigenvalue weighted by molar-refractivity contribution is 0.0550. The Labute approximate surface area is 132 Å². The summed E-state index contributed by atoms with van der Waals surface area (Å²) < 4.78 is 4.94. The molecule has 2 fully saturated rings. The van der Waals surface area contributed by atoms with Gasteiger partial charge in [0.2, 0.25) is 0 Å². The normalized spacial score (nSPS) is 22.2. The number of oxazole rings is 1. The fraction of sp³-hybridized carbons (Fsp3) is 0.438. The van der Waals surface area contributed by atoms with Crippen molar-refractivity contribution < 1.29 is 9.21 Å². The van der Waals surface area contributed by atoms with E-state index in [4.69, 9.17) is 4.42 Å². The molecule has 0 bridgehead atoms. The lowest BCUT2D eigenvalue weighted by Crippen LogP contribution is -2.54. The standard InChI is InChI=1S/C16H16N4O3/c17-8-12-9-19(5-6-20(12)11-2-3-11)15(21)10-1-4-14-13(7-10)18-16(22)23-14/h1,4,7,11-12H,2-3,5-6,9H2,(H,18,22). The van der Waals surface area contributed by atoms with Crippen molar-refractivity contribution in [2.24, 2.45) is 0 Å². The van der Waals surface area contributed by atoms with Gasteiger partial charge in [-0.15, -0.1) is 0 Å². The van der Waals surface area contributed by atoms with E-state index in [9.17, 15) is 14.9 Å². The zero-order valence-corrected chi connectivity index (χ0v) is 12.5. The van der Waals surface area contributed by atoms with Crippen molar-refractivity contribution in [3.8, 4) is 6.07 Å². The Morgan fingerprint density at radius 3 is 2.91 bits per heavy atom. The van der Waals surface area contributed by atoms with Gasteiger partial charge >= 0.3 is 5.76 Å². The molecule has 0 spiro atoms. The summed E-state index contributed by atoms with van der Waals surface area (Å²) in [5.74, 6) is -0.656. The number of H-pyrrole nitrogens is 1. The van der Waals surface area contributed by atoms with Crippen molar-refractivity contribution in [1.29, 1.82) is 5.26 Å². The number of nitrogens with one attached hydrogen (secondary N) is 1. The van der Waals surface area contributed by atoms with Crippen LogP contribution in [0.2, 0.25) is 0 Å². The smallest absolute Gasteiger partial charge is 0.408 e. The van der Waals surface area contributed by atoms with E-state index in [1.807, 2.05) is 0 Å². The Bertz CT molecular complexity index is 858. The number of aromatic amines is 1. The maximum Gasteiger partial charge on any atom is 0.417 e. The SMILES string of the molecule is N#CC1CN(C(=O)c2ccc3oc(=O)[nH]c3c2)CCN1C1CC1. The monoisotopic (exact) mass is 312 g/mol. The number of amides is 1. The molecule has 2 aromatic rings. The predicted molar refractivity (Wildman–Crippen MR) is 81.9 cm³/mol. The number of carbonyl (C=O) groups excluding carboxylic acids is 1. The quantitative estimate of drug-likeness (QED) is 0.890. The number of aromatic nitrogens is 1. The Balaban J connectivity index is 1.55. The summed E-state index contributed by atoms with van der Waals surface area (Å²) >= 11 is 0. The molecule has 1 atom stereocenters. The van der Waals surface area contributed by atoms with E-state index >= 15 is 0 Å². The fourth-order valence-corrected chi connectivity index (χ4v) is 3.21. The topological polar surface area (TPSA) is 93.3 Å². The lowest BCUT2D eigenvalue weighted by Gasteiger charge is -2.38. The van der Waals surface area contributed by atoms with Crippen LogP contribution >= 0.6 is 0 Å². The predicted octanol–water partition coefficient (Wildman–Crippen LogP) is 0.933. The average Bonchev–Trinajstić information content (AvgIpc) is 3.34. The number of fused-ring (bicyclic) bond motifs is 1. The van der Waals surface area contributed by atoms with Gasteiger partial charge < -0.3 is 9.32 Å². The van der Waals surface area contributed by atoms with Gasteiger partial charge in [-0.2, -0.15) is 5.26 Å². The molecule has 1 aliphatic carbocycles. The van der Waals surface area contributed by atoms with Gasteiger partial charge in [0.1, 0.15) is 6.04 Å². The van der Waals surface area contributed by atoms with Crippen LogP contribution in [0, 0.1) is 11.3 Å². The number of piperazine rings is 1. The first kappa shape index (κ1) is 14.0. The summed E-state index contributed by atoms with van der Waals surface area (Å²) in [7, 11) is 0. The molecule has 1 amide bonds. The van der Waals surface area contributed by atoms with Gasteiger partial charge in [0.05, 0.1) is 11.6 Å². The first-order valence-electron chi connectivity index (χ1n) is 7.73. The molecule has 2 heterocycles. The summed E-state index contributed by atoms with van der Waals surface area (Å²) in [5.41, 5.74) is 1.43. The van der Waals surface area contributed by atoms with Gasteiger partial charge in [0, 0.05) is 31.2 Å². The third-order valence-corrected chi connectivity index (χ3v) is 4.54. The highest BCUT2D eigenvalue weighted by molar-refractivity contribution is 5.97. The molecular formula is C16H16N4O3. The Morgan fingerprint density at radius 2 is 2.17 bits per heavy atom. The van der Waals surface area contributed by atoms with Crippen LogP contribution in [0.3, 0.4) is 0 Å². The minimum absolute atomic E-state index is 0.121. The highest BCUT2D eigenvalue weighted by Crippen LogP contribution is 2.30. The van der Waals surface area contributed by atoms with E-state index in [1.54, 1.807) is 23.1 Å². The molecule has 1 aromatic carbocycles. The van der Waals surface area contributed by atoms with Crippen LogP contribution in [0.25, 0.3) is 11.1 Å². The Morgan fingerprint density at radius 1 is 1.35 bits per heavy atom. The van der Waals surface area contributed by atoms with Crippen molar-refractivity contribution in [1.82, 2.24) is 14.8 Å². The third kappa shape index (κ3) is 2.51. The molecule has 1 saturated carbocycles. The summed E-state index contributed by atoms with van der Waals surface area (Å²) in [6.45, 7) is 1.78. The molecule has 118 valence electrons. The number of hydrogen-bond donors (Lipinski definition) is 1. The van der Waals surface area contributed by atoms with Crippen LogP contribution < -0.4 is 5.76 Å². The van der Waals surface area contributed by atoms with Gasteiger partial charge in [-0.1, -0.05) is 0 Å². The first-order chi connectivity index (χ1) is 11.2. The first-order valence-corrected chi connectivity index (χ1v) is 7.73. The molecule has 1 unspecified atom stereocenters. The van der Waals surface area contributed by atoms with E-state index < -0.39 is 5.76 Å². The van der Waals surface area contributed by atoms with Gasteiger partial charge in [-0.25, -0.2) is 4.79 Å². The van der Waals surface area contributed by atoms with E-state index in [1.165, 1.54) is 0 Å². The van der Waals surface area contributed by atoms with Crippen LogP contribution in [0.1, 0.15) is 23.2 Å². The Hall–Kier alpha value is -2.59. The molecule has 23 heavy (non-hydrogen) atoms. The van der Waals surface area contributed by atoms with Gasteiger partial charge in [0.15, 0.2) is 5.58 Å². The van der Waals surface area contributed by atoms with Crippen LogP contribution in [-0.4, -0.2) is 52.4 Å². The van der Waals surface area contributed by atoms with Crippen molar-refractivity contribution in [2.75, 3.05) is 19.6 Å². The maximum atomic E-state index is 12.7. The van der Waals surface area contributed by atoms with Crippen molar-refractivity contribution in [3.05, 3.63) is 34.3 Å². The number of benzene rings is 1. The highest BCUT2D eigenvalue weighted by atomic mass is 16.4. The maximum absolute atomic E-state index is 12.7. The third-order valence-electron chi connectivity index (χ3n) is 4.54. The number of hydrogen-bond acceptors (Lipinski definition) is 5. The summed E-state index contributed by atoms with van der Waals surface area (Å²) in [6, 6.07) is 7.48. The van der Waals surface area contributed by atoms with Crippen LogP contribution in [0.5, 0.6) is 0 Å². The largest absolute Gasteiger partial charge is 0.417 e. The van der Waals surface area contributed by atoms with E-state index in [0.29, 0.717) is 35.8 Å². The molecule has 4 rings (SSSR count). The van der Waals surface area contributed by atoms with Gasteiger partial charge in [-0.05, 0) is 31.0 Å². The second-order valence-electron chi connectivity index (χ2n) is 6.09. The molecule has 1 aromatic heterocycles. The second kappa shape index (κ2) is 5.25. The summed E-state index contributed by atoms with van der Waals surface area (Å²) in [5, 5.41) is 9.37. The number of nitrogens with zero attached hydrogens (tertiary/aromatic N) is 3. The van der Waals surface area contributed by atoms with Crippen LogP contribution in [-0.2, 0) is 0 Å². The molecule has 2 aliphatic rings. The molecule has 7 nitrogen and oxygen atoms in total. The van der Waals surface area contributed by atoms with E-state index in [-0.39, 0.29) is 11.9 Å². The Kier molecular flexibility index (Phi) is 3.20. The fourth-order valence-electron chi connectivity index (χ4n) is 3.21. The molecular weight excluding hydrogens is 296 g/mol. The highest BCUT2D eigenvalue weighted by Gasteiger charge is 2.38. The lowest BCUT2D eigenvalue weighted by atomic mass is 10.1. The minimum atomic E-state index is -0.535. The molecule has 0 radical (unpaired) electrons. The van der Waals surface area contributed by atoms with Gasteiger partial charge in [-0.3, -0.25) is 14.7 Å². The van der Waals surface area contributed by atoms with Crippen LogP contribution in [0.4, 0.5) is 0 Å². The van der Waals surface area contributed by atoms with Gasteiger partial charge in [0.25, 0.3) is 5.91 Å². The zero-order chi connectivity index (χ0) is 16.0. The summed E-state index contributed by atoms with van der Waals surface area (Å²) in [4.78, 5) is 30.4. The van der Waals surface area contributed by atoms with Crippen molar-refractivity contribution in [2.45, 2.75) is 24.9 Å². The molecule has 1 saturated heterocycles. The van der Waals surface area contributed by atoms with E-state index in [2.05, 4.69) is 16.0 Å². The zero-order valence-electron chi connectivity index (χ0n) is 12.5. The molecule has 1 aliphatic heterocycles. The number of nitriles is 1. The minimum Gasteiger partial charge on any atom is -0.408 e. The number of carbonyl (C=O) groups is 1. The van der Waals surface area contributed by atoms with E-state index in [0.717, 1.165) is 19.4 Å². The van der Waals surface area contributed by atoms with Crippen molar-refractivity contribution >= 4 is 17.0 Å². The number of rotatable bonds is 2. The average molecular weight is 312 g/mol.